The fourth-order valence-corrected chi connectivity index (χ4v) is 2.63. The van der Waals surface area contributed by atoms with E-state index in [0.717, 1.165) is 23.5 Å². The van der Waals surface area contributed by atoms with Crippen molar-refractivity contribution < 1.29 is 9.90 Å². The van der Waals surface area contributed by atoms with Crippen molar-refractivity contribution in [2.75, 3.05) is 5.75 Å². The summed E-state index contributed by atoms with van der Waals surface area (Å²) in [5, 5.41) is 8.59. The number of nitrogens with zero attached hydrogens (tertiary/aromatic N) is 1. The molecule has 3 nitrogen and oxygen atoms in total. The maximum Gasteiger partial charge on any atom is 0.303 e. The lowest BCUT2D eigenvalue weighted by Crippen LogP contribution is -2.06. The normalized spacial score (nSPS) is 14.7. The highest BCUT2D eigenvalue weighted by molar-refractivity contribution is 7.98. The number of hydrogen-bond acceptors (Lipinski definition) is 3. The van der Waals surface area contributed by atoms with Gasteiger partial charge in [0.05, 0.1) is 0 Å². The molecule has 2 rings (SSSR count). The van der Waals surface area contributed by atoms with Gasteiger partial charge in [-0.2, -0.15) is 11.8 Å². The number of pyridine rings is 1. The third-order valence-corrected chi connectivity index (χ3v) is 3.49. The molecule has 1 aliphatic heterocycles. The molecule has 0 aliphatic carbocycles. The smallest absolute Gasteiger partial charge is 0.303 e. The lowest BCUT2D eigenvalue weighted by atomic mass is 10.1. The van der Waals surface area contributed by atoms with Crippen molar-refractivity contribution in [3.8, 4) is 0 Å². The predicted octanol–water partition coefficient (Wildman–Crippen LogP) is 1.89. The number of rotatable bonds is 3. The van der Waals surface area contributed by atoms with Crippen LogP contribution in [0.2, 0.25) is 0 Å². The van der Waals surface area contributed by atoms with E-state index in [9.17, 15) is 4.79 Å². The van der Waals surface area contributed by atoms with Gasteiger partial charge in [-0.25, -0.2) is 0 Å². The SMILES string of the molecule is O=C(O)CCc1cnc2c(c1)CSCC2. The zero-order chi connectivity index (χ0) is 10.7. The van der Waals surface area contributed by atoms with Gasteiger partial charge in [0.15, 0.2) is 0 Å². The maximum absolute atomic E-state index is 10.4. The van der Waals surface area contributed by atoms with E-state index in [1.165, 1.54) is 11.3 Å². The quantitative estimate of drug-likeness (QED) is 0.850. The summed E-state index contributed by atoms with van der Waals surface area (Å²) in [6.45, 7) is 0. The molecule has 80 valence electrons. The van der Waals surface area contributed by atoms with Crippen LogP contribution in [0.4, 0.5) is 0 Å². The molecule has 1 aliphatic rings. The number of thioether (sulfide) groups is 1. The van der Waals surface area contributed by atoms with Crippen LogP contribution in [-0.4, -0.2) is 21.8 Å². The summed E-state index contributed by atoms with van der Waals surface area (Å²) in [6.07, 6.45) is 3.63. The van der Waals surface area contributed by atoms with Crippen molar-refractivity contribution in [1.82, 2.24) is 4.98 Å². The van der Waals surface area contributed by atoms with Crippen LogP contribution in [0.15, 0.2) is 12.3 Å². The molecule has 0 aromatic carbocycles. The monoisotopic (exact) mass is 223 g/mol. The van der Waals surface area contributed by atoms with Gasteiger partial charge in [-0.15, -0.1) is 0 Å². The summed E-state index contributed by atoms with van der Waals surface area (Å²) in [5.41, 5.74) is 3.51. The summed E-state index contributed by atoms with van der Waals surface area (Å²) in [5.74, 6) is 1.42. The minimum atomic E-state index is -0.748. The van der Waals surface area contributed by atoms with Crippen molar-refractivity contribution in [1.29, 1.82) is 0 Å². The molecule has 1 aromatic rings. The summed E-state index contributed by atoms with van der Waals surface area (Å²) in [6, 6.07) is 2.11. The average molecular weight is 223 g/mol. The van der Waals surface area contributed by atoms with Crippen molar-refractivity contribution in [2.45, 2.75) is 25.0 Å². The van der Waals surface area contributed by atoms with Gasteiger partial charge in [0.1, 0.15) is 0 Å². The van der Waals surface area contributed by atoms with Crippen molar-refractivity contribution >= 4 is 17.7 Å². The van der Waals surface area contributed by atoms with Crippen LogP contribution in [-0.2, 0) is 23.4 Å². The first-order valence-electron chi connectivity index (χ1n) is 5.02. The Morgan fingerprint density at radius 2 is 2.47 bits per heavy atom. The first kappa shape index (κ1) is 10.5. The van der Waals surface area contributed by atoms with Crippen LogP contribution in [0.25, 0.3) is 0 Å². The van der Waals surface area contributed by atoms with Crippen LogP contribution in [0, 0.1) is 0 Å². The second-order valence-corrected chi connectivity index (χ2v) is 4.75. The number of hydrogen-bond donors (Lipinski definition) is 1. The van der Waals surface area contributed by atoms with E-state index >= 15 is 0 Å². The summed E-state index contributed by atoms with van der Waals surface area (Å²) >= 11 is 1.91. The van der Waals surface area contributed by atoms with E-state index < -0.39 is 5.97 Å². The molecule has 1 aromatic heterocycles. The number of aromatic nitrogens is 1. The van der Waals surface area contributed by atoms with Gasteiger partial charge in [0.2, 0.25) is 0 Å². The van der Waals surface area contributed by atoms with E-state index in [1.807, 2.05) is 18.0 Å². The van der Waals surface area contributed by atoms with Gasteiger partial charge < -0.3 is 5.11 Å². The molecule has 0 spiro atoms. The van der Waals surface area contributed by atoms with E-state index in [4.69, 9.17) is 5.11 Å². The van der Waals surface area contributed by atoms with E-state index in [-0.39, 0.29) is 6.42 Å². The zero-order valence-electron chi connectivity index (χ0n) is 8.40. The Morgan fingerprint density at radius 1 is 1.60 bits per heavy atom. The molecule has 15 heavy (non-hydrogen) atoms. The number of carboxylic acid groups (broad SMARTS) is 1. The number of carbonyl (C=O) groups is 1. The molecule has 0 fully saturated rings. The molecule has 0 amide bonds. The van der Waals surface area contributed by atoms with Crippen LogP contribution in [0.5, 0.6) is 0 Å². The Labute approximate surface area is 92.9 Å². The maximum atomic E-state index is 10.4. The molecule has 0 saturated carbocycles. The first-order valence-corrected chi connectivity index (χ1v) is 6.17. The van der Waals surface area contributed by atoms with Gasteiger partial charge in [-0.05, 0) is 29.7 Å². The number of carboxylic acids is 1. The Hall–Kier alpha value is -1.03. The summed E-state index contributed by atoms with van der Waals surface area (Å²) in [7, 11) is 0. The molecule has 0 unspecified atom stereocenters. The van der Waals surface area contributed by atoms with Crippen LogP contribution in [0.1, 0.15) is 23.2 Å². The summed E-state index contributed by atoms with van der Waals surface area (Å²) < 4.78 is 0. The average Bonchev–Trinajstić information content (AvgIpc) is 2.26. The highest BCUT2D eigenvalue weighted by atomic mass is 32.2. The first-order chi connectivity index (χ1) is 7.25. The fourth-order valence-electron chi connectivity index (χ4n) is 1.68. The molecule has 2 heterocycles. The molecule has 0 bridgehead atoms. The topological polar surface area (TPSA) is 50.2 Å². The van der Waals surface area contributed by atoms with Crippen molar-refractivity contribution in [3.63, 3.8) is 0 Å². The van der Waals surface area contributed by atoms with Crippen molar-refractivity contribution in [2.24, 2.45) is 0 Å². The highest BCUT2D eigenvalue weighted by Crippen LogP contribution is 2.23. The third kappa shape index (κ3) is 2.72. The fraction of sp³-hybridized carbons (Fsp3) is 0.455. The van der Waals surface area contributed by atoms with Gasteiger partial charge in [-0.3, -0.25) is 9.78 Å². The van der Waals surface area contributed by atoms with Crippen molar-refractivity contribution in [3.05, 3.63) is 29.1 Å². The Kier molecular flexibility index (Phi) is 3.26. The molecular formula is C11H13NO2S. The Balaban J connectivity index is 2.10. The minimum Gasteiger partial charge on any atom is -0.481 e. The van der Waals surface area contributed by atoms with E-state index in [0.29, 0.717) is 6.42 Å². The lowest BCUT2D eigenvalue weighted by Gasteiger charge is -2.14. The predicted molar refractivity (Wildman–Crippen MR) is 60.1 cm³/mol. The zero-order valence-corrected chi connectivity index (χ0v) is 9.22. The van der Waals surface area contributed by atoms with Gasteiger partial charge in [0.25, 0.3) is 0 Å². The molecular weight excluding hydrogens is 210 g/mol. The third-order valence-electron chi connectivity index (χ3n) is 2.48. The molecule has 0 atom stereocenters. The second kappa shape index (κ2) is 4.66. The molecule has 1 N–H and O–H groups in total. The largest absolute Gasteiger partial charge is 0.481 e. The van der Waals surface area contributed by atoms with Crippen LogP contribution < -0.4 is 0 Å². The number of aryl methyl sites for hydroxylation is 2. The van der Waals surface area contributed by atoms with Gasteiger partial charge in [-0.1, -0.05) is 6.07 Å². The number of fused-ring (bicyclic) bond motifs is 1. The second-order valence-electron chi connectivity index (χ2n) is 3.65. The minimum absolute atomic E-state index is 0.188. The summed E-state index contributed by atoms with van der Waals surface area (Å²) in [4.78, 5) is 14.8. The highest BCUT2D eigenvalue weighted by Gasteiger charge is 2.11. The van der Waals surface area contributed by atoms with Crippen LogP contribution in [0.3, 0.4) is 0 Å². The van der Waals surface area contributed by atoms with E-state index in [1.54, 1.807) is 0 Å². The lowest BCUT2D eigenvalue weighted by molar-refractivity contribution is -0.136. The number of aliphatic carboxylic acids is 1. The van der Waals surface area contributed by atoms with Gasteiger partial charge >= 0.3 is 5.97 Å². The Bertz CT molecular complexity index is 379. The molecule has 4 heteroatoms. The standard InChI is InChI=1S/C11H13NO2S/c13-11(14)2-1-8-5-9-7-15-4-3-10(9)12-6-8/h5-6H,1-4,7H2,(H,13,14). The Morgan fingerprint density at radius 3 is 3.27 bits per heavy atom. The molecule has 0 radical (unpaired) electrons. The molecule has 0 saturated heterocycles. The van der Waals surface area contributed by atoms with Gasteiger partial charge in [0, 0.05) is 24.1 Å². The van der Waals surface area contributed by atoms with Crippen LogP contribution >= 0.6 is 11.8 Å². The van der Waals surface area contributed by atoms with E-state index in [2.05, 4.69) is 11.1 Å².